The Balaban J connectivity index is 2.18. The number of sulfonamides is 1. The molecule has 1 N–H and O–H groups in total. The summed E-state index contributed by atoms with van der Waals surface area (Å²) in [4.78, 5) is 12.4. The van der Waals surface area contributed by atoms with Crippen LogP contribution in [0.4, 0.5) is 0 Å². The van der Waals surface area contributed by atoms with Gasteiger partial charge in [0.2, 0.25) is 10.0 Å². The van der Waals surface area contributed by atoms with Gasteiger partial charge in [-0.05, 0) is 48.0 Å². The first-order chi connectivity index (χ1) is 12.3. The molecule has 0 fully saturated rings. The minimum absolute atomic E-state index is 0.0276. The number of carbonyl (C=O) groups is 1. The zero-order valence-corrected chi connectivity index (χ0v) is 16.1. The number of hydrogen-bond donors (Lipinski definition) is 1. The van der Waals surface area contributed by atoms with E-state index < -0.39 is 10.0 Å². The Morgan fingerprint density at radius 3 is 2.27 bits per heavy atom. The molecule has 0 atom stereocenters. The number of phenols is 1. The van der Waals surface area contributed by atoms with Gasteiger partial charge in [0.25, 0.3) is 0 Å². The molecule has 0 spiro atoms. The van der Waals surface area contributed by atoms with Crippen LogP contribution < -0.4 is 0 Å². The summed E-state index contributed by atoms with van der Waals surface area (Å²) < 4.78 is 26.2. The molecule has 0 saturated carbocycles. The fraction of sp³-hybridized carbons (Fsp3) is 0.211. The fourth-order valence-corrected chi connectivity index (χ4v) is 4.05. The smallest absolute Gasteiger partial charge is 0.243 e. The monoisotopic (exact) mass is 393 g/mol. The number of aromatic hydroxyl groups is 1. The molecule has 2 aromatic carbocycles. The highest BCUT2D eigenvalue weighted by Gasteiger charge is 2.21. The van der Waals surface area contributed by atoms with E-state index in [1.165, 1.54) is 40.7 Å². The van der Waals surface area contributed by atoms with Gasteiger partial charge in [-0.25, -0.2) is 8.42 Å². The molecule has 0 aliphatic heterocycles. The first-order valence-corrected chi connectivity index (χ1v) is 9.92. The van der Waals surface area contributed by atoms with Crippen LogP contribution in [0.1, 0.15) is 29.8 Å². The molecule has 0 aromatic heterocycles. The van der Waals surface area contributed by atoms with E-state index in [0.29, 0.717) is 24.2 Å². The summed E-state index contributed by atoms with van der Waals surface area (Å²) in [6.07, 6.45) is 2.95. The quantitative estimate of drug-likeness (QED) is 0.570. The second kappa shape index (κ2) is 8.49. The summed E-state index contributed by atoms with van der Waals surface area (Å²) in [5.41, 5.74) is 1.05. The highest BCUT2D eigenvalue weighted by atomic mass is 35.5. The average Bonchev–Trinajstić information content (AvgIpc) is 2.63. The van der Waals surface area contributed by atoms with Gasteiger partial charge in [0.15, 0.2) is 5.78 Å². The molecule has 5 nitrogen and oxygen atoms in total. The van der Waals surface area contributed by atoms with Gasteiger partial charge in [0.1, 0.15) is 5.75 Å². The first-order valence-electron chi connectivity index (χ1n) is 8.10. The molecule has 0 unspecified atom stereocenters. The predicted molar refractivity (Wildman–Crippen MR) is 103 cm³/mol. The predicted octanol–water partition coefficient (Wildman–Crippen LogP) is 3.97. The molecule has 0 heterocycles. The van der Waals surface area contributed by atoms with Gasteiger partial charge >= 0.3 is 0 Å². The lowest BCUT2D eigenvalue weighted by Crippen LogP contribution is -2.30. The third-order valence-electron chi connectivity index (χ3n) is 3.88. The van der Waals surface area contributed by atoms with Gasteiger partial charge in [0.05, 0.1) is 9.92 Å². The molecular weight excluding hydrogens is 374 g/mol. The maximum absolute atomic E-state index is 12.4. The van der Waals surface area contributed by atoms with Crippen LogP contribution in [0.25, 0.3) is 6.08 Å². The molecule has 0 radical (unpaired) electrons. The summed E-state index contributed by atoms with van der Waals surface area (Å²) in [6.45, 7) is 4.33. The third kappa shape index (κ3) is 4.52. The Morgan fingerprint density at radius 2 is 1.73 bits per heavy atom. The van der Waals surface area contributed by atoms with Crippen LogP contribution in [0.15, 0.2) is 53.4 Å². The van der Waals surface area contributed by atoms with Crippen molar-refractivity contribution in [2.75, 3.05) is 13.1 Å². The molecule has 2 rings (SSSR count). The molecule has 0 bridgehead atoms. The normalized spacial score (nSPS) is 12.0. The van der Waals surface area contributed by atoms with E-state index in [9.17, 15) is 18.3 Å². The second-order valence-corrected chi connectivity index (χ2v) is 7.87. The van der Waals surface area contributed by atoms with Crippen LogP contribution in [0.2, 0.25) is 5.02 Å². The summed E-state index contributed by atoms with van der Waals surface area (Å²) in [6, 6.07) is 10.5. The summed E-state index contributed by atoms with van der Waals surface area (Å²) >= 11 is 5.83. The molecule has 0 aliphatic carbocycles. The van der Waals surface area contributed by atoms with Gasteiger partial charge in [-0.1, -0.05) is 37.6 Å². The van der Waals surface area contributed by atoms with Gasteiger partial charge < -0.3 is 5.11 Å². The van der Waals surface area contributed by atoms with E-state index in [4.69, 9.17) is 11.6 Å². The summed E-state index contributed by atoms with van der Waals surface area (Å²) in [7, 11) is -3.54. The van der Waals surface area contributed by atoms with Crippen molar-refractivity contribution < 1.29 is 18.3 Å². The van der Waals surface area contributed by atoms with Gasteiger partial charge in [0, 0.05) is 18.7 Å². The lowest BCUT2D eigenvalue weighted by atomic mass is 10.1. The molecule has 0 saturated heterocycles. The van der Waals surface area contributed by atoms with Crippen LogP contribution in [-0.4, -0.2) is 36.7 Å². The SMILES string of the molecule is CCN(CC)S(=O)(=O)c1ccc(C(=O)/C=C/c2ccc(O)c(Cl)c2)cc1. The standard InChI is InChI=1S/C19H20ClNO4S/c1-3-21(4-2)26(24,25)16-9-7-15(8-10-16)18(22)11-5-14-6-12-19(23)17(20)13-14/h5-13,23H,3-4H2,1-2H3/b11-5+. The van der Waals surface area contributed by atoms with E-state index in [1.807, 2.05) is 0 Å². The average molecular weight is 394 g/mol. The van der Waals surface area contributed by atoms with Crippen molar-refractivity contribution in [2.24, 2.45) is 0 Å². The Kier molecular flexibility index (Phi) is 6.58. The molecule has 0 amide bonds. The summed E-state index contributed by atoms with van der Waals surface area (Å²) in [5, 5.41) is 9.59. The maximum Gasteiger partial charge on any atom is 0.243 e. The van der Waals surface area contributed by atoms with Crippen LogP contribution >= 0.6 is 11.6 Å². The van der Waals surface area contributed by atoms with Crippen molar-refractivity contribution in [3.63, 3.8) is 0 Å². The van der Waals surface area contributed by atoms with Gasteiger partial charge in [-0.3, -0.25) is 4.79 Å². The fourth-order valence-electron chi connectivity index (χ4n) is 2.40. The number of halogens is 1. The Bertz CT molecular complexity index is 917. The zero-order valence-electron chi connectivity index (χ0n) is 14.5. The molecule has 26 heavy (non-hydrogen) atoms. The Hall–Kier alpha value is -2.15. The minimum Gasteiger partial charge on any atom is -0.506 e. The zero-order chi connectivity index (χ0) is 19.3. The van der Waals surface area contributed by atoms with Crippen molar-refractivity contribution in [3.05, 3.63) is 64.7 Å². The van der Waals surface area contributed by atoms with Crippen molar-refractivity contribution in [3.8, 4) is 5.75 Å². The number of rotatable bonds is 7. The first kappa shape index (κ1) is 20.2. The lowest BCUT2D eigenvalue weighted by Gasteiger charge is -2.18. The number of carbonyl (C=O) groups excluding carboxylic acids is 1. The van der Waals surface area contributed by atoms with E-state index in [-0.39, 0.29) is 21.5 Å². The minimum atomic E-state index is -3.54. The second-order valence-electron chi connectivity index (χ2n) is 5.52. The van der Waals surface area contributed by atoms with Gasteiger partial charge in [-0.15, -0.1) is 0 Å². The number of ketones is 1. The molecule has 0 aliphatic rings. The highest BCUT2D eigenvalue weighted by molar-refractivity contribution is 7.89. The molecule has 7 heteroatoms. The lowest BCUT2D eigenvalue weighted by molar-refractivity contribution is 0.104. The molecular formula is C19H20ClNO4S. The molecule has 2 aromatic rings. The highest BCUT2D eigenvalue weighted by Crippen LogP contribution is 2.24. The molecule has 138 valence electrons. The Morgan fingerprint density at radius 1 is 1.12 bits per heavy atom. The number of allylic oxidation sites excluding steroid dienone is 1. The van der Waals surface area contributed by atoms with E-state index in [0.717, 1.165) is 0 Å². The van der Waals surface area contributed by atoms with E-state index in [1.54, 1.807) is 32.1 Å². The van der Waals surface area contributed by atoms with Gasteiger partial charge in [-0.2, -0.15) is 4.31 Å². The van der Waals surface area contributed by atoms with Crippen molar-refractivity contribution in [2.45, 2.75) is 18.7 Å². The van der Waals surface area contributed by atoms with E-state index >= 15 is 0 Å². The van der Waals surface area contributed by atoms with Crippen LogP contribution in [0.5, 0.6) is 5.75 Å². The Labute approximate surface area is 158 Å². The number of phenolic OH excluding ortho intramolecular Hbond substituents is 1. The van der Waals surface area contributed by atoms with Crippen molar-refractivity contribution in [1.29, 1.82) is 0 Å². The maximum atomic E-state index is 12.4. The van der Waals surface area contributed by atoms with Crippen LogP contribution in [0.3, 0.4) is 0 Å². The third-order valence-corrected chi connectivity index (χ3v) is 6.25. The van der Waals surface area contributed by atoms with Crippen molar-refractivity contribution in [1.82, 2.24) is 4.31 Å². The topological polar surface area (TPSA) is 74.7 Å². The number of hydrogen-bond acceptors (Lipinski definition) is 4. The number of nitrogens with zero attached hydrogens (tertiary/aromatic N) is 1. The van der Waals surface area contributed by atoms with Crippen LogP contribution in [0, 0.1) is 0 Å². The van der Waals surface area contributed by atoms with Crippen LogP contribution in [-0.2, 0) is 10.0 Å². The van der Waals surface area contributed by atoms with E-state index in [2.05, 4.69) is 0 Å². The number of benzene rings is 2. The van der Waals surface area contributed by atoms with Crippen molar-refractivity contribution >= 4 is 33.5 Å². The summed E-state index contributed by atoms with van der Waals surface area (Å²) in [5.74, 6) is -0.291. The largest absolute Gasteiger partial charge is 0.506 e.